The fourth-order valence-electron chi connectivity index (χ4n) is 0.934. The molecule has 1 saturated heterocycles. The minimum atomic E-state index is -0.833. The van der Waals surface area contributed by atoms with E-state index in [9.17, 15) is 0 Å². The van der Waals surface area contributed by atoms with Crippen molar-refractivity contribution in [2.24, 2.45) is 0 Å². The van der Waals surface area contributed by atoms with Gasteiger partial charge < -0.3 is 5.11 Å². The third-order valence-corrected chi connectivity index (χ3v) is 3.23. The maximum atomic E-state index is 9.00. The molecule has 69 valence electrons. The van der Waals surface area contributed by atoms with Gasteiger partial charge in [-0.05, 0) is 0 Å². The van der Waals surface area contributed by atoms with Gasteiger partial charge in [-0.3, -0.25) is 4.79 Å². The molecule has 0 spiro atoms. The van der Waals surface area contributed by atoms with Crippen molar-refractivity contribution in [3.8, 4) is 0 Å². The van der Waals surface area contributed by atoms with Crippen LogP contribution in [0.2, 0.25) is 0 Å². The van der Waals surface area contributed by atoms with Crippen molar-refractivity contribution in [1.29, 1.82) is 0 Å². The van der Waals surface area contributed by atoms with Crippen molar-refractivity contribution < 1.29 is 39.4 Å². The molecule has 12 heavy (non-hydrogen) atoms. The fourth-order valence-corrected chi connectivity index (χ4v) is 2.18. The van der Waals surface area contributed by atoms with E-state index in [-0.39, 0.29) is 0 Å². The molecule has 0 aromatic carbocycles. The van der Waals surface area contributed by atoms with Crippen molar-refractivity contribution in [3.05, 3.63) is 0 Å². The molecule has 3 nitrogen and oxygen atoms in total. The van der Waals surface area contributed by atoms with Gasteiger partial charge in [0.05, 0.1) is 0 Å². The number of carboxylic acids is 1. The summed E-state index contributed by atoms with van der Waals surface area (Å²) in [4.78, 5) is 9.00. The van der Waals surface area contributed by atoms with E-state index in [0.717, 1.165) is 13.5 Å². The van der Waals surface area contributed by atoms with E-state index in [2.05, 4.69) is 0 Å². The Labute approximate surface area is 91.1 Å². The van der Waals surface area contributed by atoms with Gasteiger partial charge in [0.15, 0.2) is 0 Å². The summed E-state index contributed by atoms with van der Waals surface area (Å²) in [6.45, 7) is 2.11. The Morgan fingerprint density at radius 1 is 1.67 bits per heavy atom. The molecule has 1 rings (SSSR count). The monoisotopic (exact) mass is 265 g/mol. The number of aliphatic carboxylic acids is 1. The number of rotatable bonds is 0. The molecular formula is C7H15O3SiZr. The first kappa shape index (κ1) is 12.5. The summed E-state index contributed by atoms with van der Waals surface area (Å²) in [7, 11) is 1.23. The normalized spacial score (nSPS) is 28.7. The molecule has 1 heterocycles. The Morgan fingerprint density at radius 2 is 2.17 bits per heavy atom. The Bertz CT molecular complexity index is 138. The fraction of sp³-hybridized carbons (Fsp3) is 0.857. The molecule has 0 bridgehead atoms. The van der Waals surface area contributed by atoms with Crippen LogP contribution in [0.4, 0.5) is 0 Å². The van der Waals surface area contributed by atoms with Crippen LogP contribution in [0.1, 0.15) is 26.2 Å². The zero-order valence-corrected chi connectivity index (χ0v) is 12.1. The predicted molar refractivity (Wildman–Crippen MR) is 45.8 cm³/mol. The van der Waals surface area contributed by atoms with Gasteiger partial charge in [0.2, 0.25) is 0 Å². The van der Waals surface area contributed by atoms with Crippen LogP contribution < -0.4 is 0 Å². The summed E-state index contributed by atoms with van der Waals surface area (Å²) in [6.07, 6.45) is 4.02. The molecule has 0 amide bonds. The molecule has 1 aliphatic heterocycles. The number of hydrogen-bond acceptors (Lipinski definition) is 2. The predicted octanol–water partition coefficient (Wildman–Crippen LogP) is -0.156. The second-order valence-electron chi connectivity index (χ2n) is 3.06. The van der Waals surface area contributed by atoms with Crippen molar-refractivity contribution >= 4 is 16.2 Å². The van der Waals surface area contributed by atoms with Crippen molar-refractivity contribution in [2.45, 2.75) is 29.1 Å². The molecule has 0 aromatic rings. The summed E-state index contributed by atoms with van der Waals surface area (Å²) in [5.41, 5.74) is 0. The zero-order chi connectivity index (χ0) is 9.61. The minimum absolute atomic E-state index is 0.408. The first-order valence-electron chi connectivity index (χ1n) is 4.02. The molecule has 0 radical (unpaired) electrons. The van der Waals surface area contributed by atoms with E-state index >= 15 is 0 Å². The summed E-state index contributed by atoms with van der Waals surface area (Å²) in [6, 6.07) is 0. The van der Waals surface area contributed by atoms with E-state index in [1.165, 1.54) is 29.5 Å². The van der Waals surface area contributed by atoms with Crippen LogP contribution in [0.3, 0.4) is 0 Å². The molecule has 1 N–H and O–H groups in total. The molecule has 5 heteroatoms. The topological polar surface area (TPSA) is 46.5 Å². The van der Waals surface area contributed by atoms with E-state index in [4.69, 9.17) is 14.6 Å². The van der Waals surface area contributed by atoms with E-state index in [0.29, 0.717) is 2.93 Å². The molecule has 1 atom stereocenters. The maximum absolute atomic E-state index is 9.00. The third kappa shape index (κ3) is 8.62. The molecule has 0 aromatic heterocycles. The molecule has 1 aliphatic rings. The average molecular weight is 267 g/mol. The van der Waals surface area contributed by atoms with Crippen molar-refractivity contribution in [2.75, 3.05) is 6.61 Å². The number of carboxylic acid groups (broad SMARTS) is 1. The summed E-state index contributed by atoms with van der Waals surface area (Å²) >= 11 is 1.59. The SMILES string of the molecule is CC(=O)O.[SiH3][C]1([Zr])CCCCO1. The van der Waals surface area contributed by atoms with E-state index < -0.39 is 5.97 Å². The van der Waals surface area contributed by atoms with Gasteiger partial charge in [0.1, 0.15) is 0 Å². The van der Waals surface area contributed by atoms with Crippen LogP contribution >= 0.6 is 0 Å². The van der Waals surface area contributed by atoms with Gasteiger partial charge in [-0.2, -0.15) is 0 Å². The number of hydrogen-bond donors (Lipinski definition) is 1. The van der Waals surface area contributed by atoms with E-state index in [1.54, 1.807) is 24.7 Å². The Hall–Kier alpha value is 0.530. The second-order valence-corrected chi connectivity index (χ2v) is 9.73. The van der Waals surface area contributed by atoms with Gasteiger partial charge in [-0.25, -0.2) is 0 Å². The van der Waals surface area contributed by atoms with Crippen molar-refractivity contribution in [1.82, 2.24) is 0 Å². The molecule has 1 fully saturated rings. The quantitative estimate of drug-likeness (QED) is 0.620. The summed E-state index contributed by atoms with van der Waals surface area (Å²) in [5.74, 6) is -0.833. The Kier molecular flexibility index (Phi) is 6.32. The zero-order valence-electron chi connectivity index (χ0n) is 7.59. The van der Waals surface area contributed by atoms with Crippen LogP contribution in [-0.4, -0.2) is 30.9 Å². The Balaban J connectivity index is 0.000000261. The van der Waals surface area contributed by atoms with E-state index in [1.807, 2.05) is 0 Å². The first-order valence-corrected chi connectivity index (χ1v) is 6.25. The Morgan fingerprint density at radius 3 is 2.33 bits per heavy atom. The van der Waals surface area contributed by atoms with Gasteiger partial charge in [-0.1, -0.05) is 0 Å². The van der Waals surface area contributed by atoms with Crippen LogP contribution in [0, 0.1) is 0 Å². The second kappa shape index (κ2) is 6.06. The molecular weight excluding hydrogens is 251 g/mol. The van der Waals surface area contributed by atoms with Crippen LogP contribution in [0.5, 0.6) is 0 Å². The summed E-state index contributed by atoms with van der Waals surface area (Å²) in [5, 5.41) is 7.42. The third-order valence-electron chi connectivity index (χ3n) is 1.47. The standard InChI is InChI=1S/C5H11OSi.C2H4O2.Zr/c7-5-3-1-2-4-6-5;1-2(3)4;/h1-4H2,7H3;1H3,(H,3,4);. The molecule has 1 unspecified atom stereocenters. The van der Waals surface area contributed by atoms with Crippen LogP contribution in [0.15, 0.2) is 0 Å². The summed E-state index contributed by atoms with van der Waals surface area (Å²) < 4.78 is 5.97. The first-order chi connectivity index (χ1) is 5.44. The molecule has 0 aliphatic carbocycles. The van der Waals surface area contributed by atoms with Gasteiger partial charge in [0.25, 0.3) is 5.97 Å². The number of ether oxygens (including phenoxy) is 1. The van der Waals surface area contributed by atoms with Gasteiger partial charge in [-0.15, -0.1) is 0 Å². The number of carbonyl (C=O) groups is 1. The van der Waals surface area contributed by atoms with Gasteiger partial charge in [0, 0.05) is 6.92 Å². The van der Waals surface area contributed by atoms with Gasteiger partial charge >= 0.3 is 68.5 Å². The van der Waals surface area contributed by atoms with Crippen molar-refractivity contribution in [3.63, 3.8) is 0 Å². The average Bonchev–Trinajstić information content (AvgIpc) is 1.85. The van der Waals surface area contributed by atoms with Crippen LogP contribution in [-0.2, 0) is 34.3 Å². The van der Waals surface area contributed by atoms with Crippen LogP contribution in [0.25, 0.3) is 0 Å². The molecule has 0 saturated carbocycles.